The van der Waals surface area contributed by atoms with E-state index in [4.69, 9.17) is 4.74 Å². The zero-order chi connectivity index (χ0) is 20.9. The summed E-state index contributed by atoms with van der Waals surface area (Å²) in [7, 11) is 0. The third-order valence-electron chi connectivity index (χ3n) is 7.98. The molecule has 0 bridgehead atoms. The number of nitrogens with one attached hydrogen (secondary N) is 1. The minimum Gasteiger partial charge on any atom is -0.446 e. The molecule has 2 fully saturated rings. The van der Waals surface area contributed by atoms with E-state index in [-0.39, 0.29) is 58.9 Å². The van der Waals surface area contributed by atoms with Crippen LogP contribution in [0.2, 0.25) is 0 Å². The van der Waals surface area contributed by atoms with Gasteiger partial charge in [-0.05, 0) is 81.3 Å². The van der Waals surface area contributed by atoms with Crippen LogP contribution in [0.5, 0.6) is 0 Å². The van der Waals surface area contributed by atoms with Crippen LogP contribution in [0.1, 0.15) is 59.8 Å². The first-order valence-electron chi connectivity index (χ1n) is 11.1. The Morgan fingerprint density at radius 3 is 2.69 bits per heavy atom. The number of alkyl carbamates (subject to hydrolysis) is 1. The molecule has 4 aliphatic rings. The van der Waals surface area contributed by atoms with Gasteiger partial charge in [-0.25, -0.2) is 4.79 Å². The van der Waals surface area contributed by atoms with E-state index in [1.54, 1.807) is 13.0 Å². The molecular weight excluding hydrogens is 366 g/mol. The standard InChI is InChI=1S/C24H33NO4/c1-13(2)25-23(28)29-21-12-24(4)19(14(3)26)9-10-20(24)18-7-5-15-11-16(27)6-8-17(15)22(18)21/h5,7,11,13,17-22H,6,8-10,12H2,1-4H3,(H,25,28)/t17?,18-,19+,20?,21-,22-,24+/m0/s1. The molecule has 158 valence electrons. The number of allylic oxidation sites excluding steroid dienone is 4. The molecule has 1 amide bonds. The Bertz CT molecular complexity index is 782. The van der Waals surface area contributed by atoms with Crippen molar-refractivity contribution in [1.82, 2.24) is 5.32 Å². The van der Waals surface area contributed by atoms with Crippen LogP contribution in [0, 0.1) is 35.0 Å². The molecule has 0 aromatic rings. The Morgan fingerprint density at radius 2 is 2.00 bits per heavy atom. The van der Waals surface area contributed by atoms with Crippen molar-refractivity contribution in [2.75, 3.05) is 0 Å². The molecule has 1 N–H and O–H groups in total. The second-order valence-corrected chi connectivity index (χ2v) is 10.1. The number of hydrogen-bond donors (Lipinski definition) is 1. The average molecular weight is 400 g/mol. The Labute approximate surface area is 173 Å². The van der Waals surface area contributed by atoms with E-state index in [1.165, 1.54) is 0 Å². The smallest absolute Gasteiger partial charge is 0.407 e. The maximum absolute atomic E-state index is 12.5. The Hall–Kier alpha value is -1.91. The summed E-state index contributed by atoms with van der Waals surface area (Å²) in [6.45, 7) is 7.77. The zero-order valence-corrected chi connectivity index (χ0v) is 17.9. The van der Waals surface area contributed by atoms with Crippen molar-refractivity contribution in [2.45, 2.75) is 71.9 Å². The number of ether oxygens (including phenoxy) is 1. The molecule has 0 aliphatic heterocycles. The van der Waals surface area contributed by atoms with Crippen molar-refractivity contribution in [2.24, 2.45) is 35.0 Å². The molecule has 2 saturated carbocycles. The molecule has 0 aromatic heterocycles. The number of rotatable bonds is 3. The van der Waals surface area contributed by atoms with Crippen molar-refractivity contribution >= 4 is 17.7 Å². The summed E-state index contributed by atoms with van der Waals surface area (Å²) in [5, 5.41) is 2.86. The molecule has 29 heavy (non-hydrogen) atoms. The molecule has 0 spiro atoms. The van der Waals surface area contributed by atoms with Gasteiger partial charge in [-0.1, -0.05) is 19.1 Å². The lowest BCUT2D eigenvalue weighted by Gasteiger charge is -2.54. The SMILES string of the molecule is CC(=O)[C@H]1CCC2[C@@H]3C=CC4=CC(=O)CCC4[C@@H]3[C@@H](OC(=O)NC(C)C)C[C@@]21C. The molecule has 0 saturated heterocycles. The molecule has 0 heterocycles. The third kappa shape index (κ3) is 3.47. The van der Waals surface area contributed by atoms with Crippen LogP contribution in [-0.2, 0) is 14.3 Å². The molecule has 7 atom stereocenters. The number of Topliss-reactive ketones (excluding diaryl/α,β-unsaturated/α-hetero) is 1. The van der Waals surface area contributed by atoms with Gasteiger partial charge in [0.05, 0.1) is 0 Å². The van der Waals surface area contributed by atoms with Crippen LogP contribution in [0.3, 0.4) is 0 Å². The Kier molecular flexibility index (Phi) is 5.20. The maximum atomic E-state index is 12.5. The molecular formula is C24H33NO4. The minimum absolute atomic E-state index is 0.00989. The quantitative estimate of drug-likeness (QED) is 0.771. The van der Waals surface area contributed by atoms with Crippen molar-refractivity contribution in [3.63, 3.8) is 0 Å². The predicted octanol–water partition coefficient (Wildman–Crippen LogP) is 4.22. The number of carbonyl (C=O) groups excluding carboxylic acids is 3. The van der Waals surface area contributed by atoms with E-state index in [2.05, 4.69) is 24.4 Å². The van der Waals surface area contributed by atoms with Gasteiger partial charge >= 0.3 is 6.09 Å². The van der Waals surface area contributed by atoms with Crippen molar-refractivity contribution < 1.29 is 19.1 Å². The van der Waals surface area contributed by atoms with Crippen LogP contribution in [-0.4, -0.2) is 29.8 Å². The van der Waals surface area contributed by atoms with E-state index in [0.29, 0.717) is 12.3 Å². The van der Waals surface area contributed by atoms with E-state index < -0.39 is 0 Å². The molecule has 0 radical (unpaired) electrons. The lowest BCUT2D eigenvalue weighted by atomic mass is 9.51. The van der Waals surface area contributed by atoms with Gasteiger partial charge in [0, 0.05) is 24.3 Å². The summed E-state index contributed by atoms with van der Waals surface area (Å²) in [4.78, 5) is 36.9. The number of amides is 1. The van der Waals surface area contributed by atoms with Gasteiger partial charge in [0.15, 0.2) is 5.78 Å². The van der Waals surface area contributed by atoms with Gasteiger partial charge in [-0.2, -0.15) is 0 Å². The lowest BCUT2D eigenvalue weighted by Crippen LogP contribution is -2.54. The van der Waals surface area contributed by atoms with Gasteiger partial charge in [0.25, 0.3) is 0 Å². The van der Waals surface area contributed by atoms with Crippen LogP contribution >= 0.6 is 0 Å². The number of fused-ring (bicyclic) bond motifs is 5. The first kappa shape index (κ1) is 20.4. The molecule has 0 aromatic carbocycles. The lowest BCUT2D eigenvalue weighted by molar-refractivity contribution is -0.131. The largest absolute Gasteiger partial charge is 0.446 e. The molecule has 2 unspecified atom stereocenters. The summed E-state index contributed by atoms with van der Waals surface area (Å²) in [5.74, 6) is 1.61. The van der Waals surface area contributed by atoms with Gasteiger partial charge in [0.2, 0.25) is 0 Å². The highest BCUT2D eigenvalue weighted by Gasteiger charge is 2.60. The highest BCUT2D eigenvalue weighted by Crippen LogP contribution is 2.63. The normalized spacial score (nSPS) is 40.6. The molecule has 5 heteroatoms. The van der Waals surface area contributed by atoms with Gasteiger partial charge in [0.1, 0.15) is 11.9 Å². The summed E-state index contributed by atoms with van der Waals surface area (Å²) in [6.07, 6.45) is 9.60. The fourth-order valence-corrected chi connectivity index (χ4v) is 6.90. The molecule has 5 nitrogen and oxygen atoms in total. The monoisotopic (exact) mass is 399 g/mol. The van der Waals surface area contributed by atoms with Crippen molar-refractivity contribution in [3.05, 3.63) is 23.8 Å². The second-order valence-electron chi connectivity index (χ2n) is 10.1. The minimum atomic E-state index is -0.379. The van der Waals surface area contributed by atoms with E-state index in [9.17, 15) is 14.4 Å². The average Bonchev–Trinajstić information content (AvgIpc) is 2.97. The molecule has 4 rings (SSSR count). The first-order chi connectivity index (χ1) is 13.7. The van der Waals surface area contributed by atoms with Crippen molar-refractivity contribution in [1.29, 1.82) is 0 Å². The molecule has 4 aliphatic carbocycles. The summed E-state index contributed by atoms with van der Waals surface area (Å²) < 4.78 is 6.04. The fraction of sp³-hybridized carbons (Fsp3) is 0.708. The van der Waals surface area contributed by atoms with Gasteiger partial charge in [-0.15, -0.1) is 0 Å². The van der Waals surface area contributed by atoms with Crippen LogP contribution in [0.15, 0.2) is 23.8 Å². The van der Waals surface area contributed by atoms with Crippen LogP contribution < -0.4 is 5.32 Å². The number of hydrogen-bond acceptors (Lipinski definition) is 4. The number of carbonyl (C=O) groups is 3. The first-order valence-corrected chi connectivity index (χ1v) is 11.1. The Balaban J connectivity index is 1.71. The predicted molar refractivity (Wildman–Crippen MR) is 110 cm³/mol. The van der Waals surface area contributed by atoms with E-state index in [1.807, 2.05) is 13.8 Å². The van der Waals surface area contributed by atoms with E-state index >= 15 is 0 Å². The maximum Gasteiger partial charge on any atom is 0.407 e. The summed E-state index contributed by atoms with van der Waals surface area (Å²) >= 11 is 0. The summed E-state index contributed by atoms with van der Waals surface area (Å²) in [6, 6.07) is 0.00989. The highest BCUT2D eigenvalue weighted by molar-refractivity contribution is 5.92. The van der Waals surface area contributed by atoms with Gasteiger partial charge < -0.3 is 10.1 Å². The van der Waals surface area contributed by atoms with E-state index in [0.717, 1.165) is 31.3 Å². The highest BCUT2D eigenvalue weighted by atomic mass is 16.6. The van der Waals surface area contributed by atoms with Crippen LogP contribution in [0.25, 0.3) is 0 Å². The summed E-state index contributed by atoms with van der Waals surface area (Å²) in [5.41, 5.74) is 0.941. The number of ketones is 2. The van der Waals surface area contributed by atoms with Crippen molar-refractivity contribution in [3.8, 4) is 0 Å². The second kappa shape index (κ2) is 7.41. The Morgan fingerprint density at radius 1 is 1.24 bits per heavy atom. The van der Waals surface area contributed by atoms with Gasteiger partial charge in [-0.3, -0.25) is 9.59 Å². The van der Waals surface area contributed by atoms with Crippen LogP contribution in [0.4, 0.5) is 4.79 Å². The fourth-order valence-electron chi connectivity index (χ4n) is 6.90. The zero-order valence-electron chi connectivity index (χ0n) is 17.9. The third-order valence-corrected chi connectivity index (χ3v) is 7.98. The topological polar surface area (TPSA) is 72.5 Å².